The molecule has 0 amide bonds. The fraction of sp³-hybridized carbons (Fsp3) is 0.462. The van der Waals surface area contributed by atoms with Gasteiger partial charge >= 0.3 is 5.97 Å². The molecular weight excluding hydrogens is 202 g/mol. The Kier molecular flexibility index (Phi) is 2.97. The van der Waals surface area contributed by atoms with Crippen LogP contribution in [0.2, 0.25) is 0 Å². The molecule has 1 aromatic rings. The standard InChI is InChI=1S/C13H17NO2/c1-9(13(15)16)11-5-3-4-6-12(11)10-7-14(2)8-10/h3-6,9-10H,7-8H2,1-2H3,(H,15,16). The van der Waals surface area contributed by atoms with Crippen molar-refractivity contribution in [3.8, 4) is 0 Å². The number of nitrogens with zero attached hydrogens (tertiary/aromatic N) is 1. The molecule has 1 aliphatic rings. The van der Waals surface area contributed by atoms with Crippen LogP contribution in [0.5, 0.6) is 0 Å². The number of carboxylic acid groups (broad SMARTS) is 1. The molecule has 1 fully saturated rings. The van der Waals surface area contributed by atoms with E-state index in [0.717, 1.165) is 18.7 Å². The van der Waals surface area contributed by atoms with E-state index in [1.807, 2.05) is 18.2 Å². The minimum atomic E-state index is -0.750. The summed E-state index contributed by atoms with van der Waals surface area (Å²) in [7, 11) is 2.08. The van der Waals surface area contributed by atoms with Gasteiger partial charge in [0.15, 0.2) is 0 Å². The Morgan fingerprint density at radius 1 is 1.44 bits per heavy atom. The molecule has 3 nitrogen and oxygen atoms in total. The van der Waals surface area contributed by atoms with Gasteiger partial charge in [-0.2, -0.15) is 0 Å². The van der Waals surface area contributed by atoms with E-state index in [-0.39, 0.29) is 0 Å². The largest absolute Gasteiger partial charge is 0.481 e. The summed E-state index contributed by atoms with van der Waals surface area (Å²) in [6, 6.07) is 7.91. The highest BCUT2D eigenvalue weighted by molar-refractivity contribution is 5.76. The van der Waals surface area contributed by atoms with Crippen LogP contribution >= 0.6 is 0 Å². The third-order valence-electron chi connectivity index (χ3n) is 3.34. The molecule has 1 N–H and O–H groups in total. The summed E-state index contributed by atoms with van der Waals surface area (Å²) < 4.78 is 0. The molecule has 1 atom stereocenters. The van der Waals surface area contributed by atoms with Gasteiger partial charge in [-0.3, -0.25) is 4.79 Å². The van der Waals surface area contributed by atoms with Crippen molar-refractivity contribution in [2.75, 3.05) is 20.1 Å². The number of hydrogen-bond acceptors (Lipinski definition) is 2. The van der Waals surface area contributed by atoms with E-state index in [0.29, 0.717) is 5.92 Å². The first-order chi connectivity index (χ1) is 7.59. The maximum absolute atomic E-state index is 11.0. The molecule has 1 heterocycles. The second-order valence-corrected chi connectivity index (χ2v) is 4.61. The van der Waals surface area contributed by atoms with Gasteiger partial charge in [0.1, 0.15) is 0 Å². The van der Waals surface area contributed by atoms with Crippen LogP contribution in [0.4, 0.5) is 0 Å². The van der Waals surface area contributed by atoms with E-state index >= 15 is 0 Å². The number of aliphatic carboxylic acids is 1. The third-order valence-corrected chi connectivity index (χ3v) is 3.34. The van der Waals surface area contributed by atoms with Crippen LogP contribution in [0, 0.1) is 0 Å². The first-order valence-corrected chi connectivity index (χ1v) is 5.59. The van der Waals surface area contributed by atoms with Gasteiger partial charge in [-0.25, -0.2) is 0 Å². The van der Waals surface area contributed by atoms with Crippen molar-refractivity contribution < 1.29 is 9.90 Å². The molecule has 0 aromatic heterocycles. The van der Waals surface area contributed by atoms with Crippen LogP contribution in [-0.2, 0) is 4.79 Å². The molecular formula is C13H17NO2. The van der Waals surface area contributed by atoms with Crippen molar-refractivity contribution in [2.24, 2.45) is 0 Å². The predicted molar refractivity (Wildman–Crippen MR) is 62.7 cm³/mol. The fourth-order valence-corrected chi connectivity index (χ4v) is 2.31. The van der Waals surface area contributed by atoms with Crippen molar-refractivity contribution in [2.45, 2.75) is 18.8 Å². The zero-order valence-corrected chi connectivity index (χ0v) is 9.68. The van der Waals surface area contributed by atoms with E-state index < -0.39 is 11.9 Å². The van der Waals surface area contributed by atoms with Gasteiger partial charge < -0.3 is 10.0 Å². The second kappa shape index (κ2) is 4.26. The van der Waals surface area contributed by atoms with E-state index in [1.165, 1.54) is 5.56 Å². The van der Waals surface area contributed by atoms with Crippen molar-refractivity contribution >= 4 is 5.97 Å². The minimum Gasteiger partial charge on any atom is -0.481 e. The van der Waals surface area contributed by atoms with Crippen LogP contribution in [0.15, 0.2) is 24.3 Å². The van der Waals surface area contributed by atoms with Crippen LogP contribution in [0.1, 0.15) is 29.9 Å². The molecule has 2 rings (SSSR count). The molecule has 1 saturated heterocycles. The van der Waals surface area contributed by atoms with E-state index in [2.05, 4.69) is 18.0 Å². The molecule has 1 aromatic carbocycles. The van der Waals surface area contributed by atoms with Crippen molar-refractivity contribution in [1.82, 2.24) is 4.90 Å². The Hall–Kier alpha value is -1.35. The summed E-state index contributed by atoms with van der Waals surface area (Å²) in [5.74, 6) is -0.662. The summed E-state index contributed by atoms with van der Waals surface area (Å²) >= 11 is 0. The number of likely N-dealkylation sites (tertiary alicyclic amines) is 1. The molecule has 0 saturated carbocycles. The van der Waals surface area contributed by atoms with Gasteiger partial charge in [0.2, 0.25) is 0 Å². The lowest BCUT2D eigenvalue weighted by atomic mass is 9.84. The molecule has 0 spiro atoms. The van der Waals surface area contributed by atoms with Crippen molar-refractivity contribution in [1.29, 1.82) is 0 Å². The minimum absolute atomic E-state index is 0.415. The summed E-state index contributed by atoms with van der Waals surface area (Å²) in [5, 5.41) is 9.07. The molecule has 1 unspecified atom stereocenters. The highest BCUT2D eigenvalue weighted by Crippen LogP contribution is 2.31. The molecule has 1 aliphatic heterocycles. The van der Waals surface area contributed by atoms with E-state index in [9.17, 15) is 4.79 Å². The zero-order chi connectivity index (χ0) is 11.7. The molecule has 86 valence electrons. The lowest BCUT2D eigenvalue weighted by Crippen LogP contribution is -2.42. The lowest BCUT2D eigenvalue weighted by Gasteiger charge is -2.37. The second-order valence-electron chi connectivity index (χ2n) is 4.61. The average molecular weight is 219 g/mol. The van der Waals surface area contributed by atoms with Gasteiger partial charge in [-0.05, 0) is 25.1 Å². The van der Waals surface area contributed by atoms with Crippen molar-refractivity contribution in [3.05, 3.63) is 35.4 Å². The fourth-order valence-electron chi connectivity index (χ4n) is 2.31. The maximum Gasteiger partial charge on any atom is 0.310 e. The zero-order valence-electron chi connectivity index (χ0n) is 9.68. The first kappa shape index (κ1) is 11.1. The average Bonchev–Trinajstić information content (AvgIpc) is 2.24. The first-order valence-electron chi connectivity index (χ1n) is 5.59. The summed E-state index contributed by atoms with van der Waals surface area (Å²) in [6.07, 6.45) is 0. The maximum atomic E-state index is 11.0. The Morgan fingerprint density at radius 2 is 2.06 bits per heavy atom. The summed E-state index contributed by atoms with van der Waals surface area (Å²) in [5.41, 5.74) is 2.17. The topological polar surface area (TPSA) is 40.5 Å². The highest BCUT2D eigenvalue weighted by atomic mass is 16.4. The predicted octanol–water partition coefficient (Wildman–Crippen LogP) is 1.90. The van der Waals surface area contributed by atoms with Gasteiger partial charge in [-0.1, -0.05) is 24.3 Å². The molecule has 0 radical (unpaired) electrons. The Bertz CT molecular complexity index is 397. The van der Waals surface area contributed by atoms with E-state index in [1.54, 1.807) is 6.92 Å². The smallest absolute Gasteiger partial charge is 0.310 e. The van der Waals surface area contributed by atoms with Crippen LogP contribution < -0.4 is 0 Å². The molecule has 0 bridgehead atoms. The quantitative estimate of drug-likeness (QED) is 0.844. The number of benzene rings is 1. The molecule has 16 heavy (non-hydrogen) atoms. The highest BCUT2D eigenvalue weighted by Gasteiger charge is 2.28. The van der Waals surface area contributed by atoms with Gasteiger partial charge in [0, 0.05) is 19.0 Å². The third kappa shape index (κ3) is 1.95. The Balaban J connectivity index is 2.27. The SMILES string of the molecule is CC(C(=O)O)c1ccccc1C1CN(C)C1. The Morgan fingerprint density at radius 3 is 2.62 bits per heavy atom. The van der Waals surface area contributed by atoms with Gasteiger partial charge in [0.05, 0.1) is 5.92 Å². The normalized spacial score (nSPS) is 19.1. The van der Waals surface area contributed by atoms with Crippen LogP contribution in [-0.4, -0.2) is 36.1 Å². The molecule has 0 aliphatic carbocycles. The van der Waals surface area contributed by atoms with E-state index in [4.69, 9.17) is 5.11 Å². The number of likely N-dealkylation sites (N-methyl/N-ethyl adjacent to an activating group) is 1. The number of carbonyl (C=O) groups is 1. The summed E-state index contributed by atoms with van der Waals surface area (Å²) in [6.45, 7) is 3.82. The number of hydrogen-bond donors (Lipinski definition) is 1. The molecule has 3 heteroatoms. The van der Waals surface area contributed by atoms with Gasteiger partial charge in [-0.15, -0.1) is 0 Å². The summed E-state index contributed by atoms with van der Waals surface area (Å²) in [4.78, 5) is 13.3. The van der Waals surface area contributed by atoms with Crippen LogP contribution in [0.3, 0.4) is 0 Å². The number of rotatable bonds is 3. The lowest BCUT2D eigenvalue weighted by molar-refractivity contribution is -0.138. The van der Waals surface area contributed by atoms with Crippen molar-refractivity contribution in [3.63, 3.8) is 0 Å². The van der Waals surface area contributed by atoms with Gasteiger partial charge in [0.25, 0.3) is 0 Å². The number of carboxylic acids is 1. The Labute approximate surface area is 95.7 Å². The van der Waals surface area contributed by atoms with Crippen LogP contribution in [0.25, 0.3) is 0 Å². The monoisotopic (exact) mass is 219 g/mol.